The fraction of sp³-hybridized carbons (Fsp3) is 0.556. The van der Waals surface area contributed by atoms with Crippen LogP contribution in [0.25, 0.3) is 0 Å². The lowest BCUT2D eigenvalue weighted by Gasteiger charge is -2.13. The van der Waals surface area contributed by atoms with Crippen LogP contribution in [-0.4, -0.2) is 18.6 Å². The number of nitrogens with one attached hydrogen (secondary N) is 1. The fourth-order valence-corrected chi connectivity index (χ4v) is 1.76. The maximum absolute atomic E-state index is 5.32. The molecule has 1 unspecified atom stereocenters. The lowest BCUT2D eigenvalue weighted by molar-refractivity contribution is 0.441. The Balaban J connectivity index is 2.53. The molecule has 1 heterocycles. The highest BCUT2D eigenvalue weighted by Crippen LogP contribution is 2.16. The van der Waals surface area contributed by atoms with Crippen molar-refractivity contribution in [2.75, 3.05) is 18.6 Å². The van der Waals surface area contributed by atoms with Crippen molar-refractivity contribution >= 4 is 11.8 Å². The van der Waals surface area contributed by atoms with Crippen LogP contribution in [0.5, 0.6) is 0 Å². The summed E-state index contributed by atoms with van der Waals surface area (Å²) >= 11 is 1.83. The average molecular weight is 185 g/mol. The number of furan rings is 1. The molecule has 0 saturated carbocycles. The van der Waals surface area contributed by atoms with Crippen molar-refractivity contribution in [1.82, 2.24) is 5.32 Å². The number of hydrogen-bond donors (Lipinski definition) is 1. The molecule has 3 heteroatoms. The highest BCUT2D eigenvalue weighted by atomic mass is 32.2. The molecule has 0 radical (unpaired) electrons. The molecule has 1 atom stereocenters. The Bertz CT molecular complexity index is 192. The summed E-state index contributed by atoms with van der Waals surface area (Å²) in [6.45, 7) is 3.09. The Hall–Kier alpha value is -0.410. The van der Waals surface area contributed by atoms with Crippen LogP contribution in [-0.2, 0) is 0 Å². The Morgan fingerprint density at radius 2 is 2.50 bits per heavy atom. The molecule has 0 saturated heterocycles. The van der Waals surface area contributed by atoms with E-state index in [0.29, 0.717) is 6.04 Å². The molecule has 1 aromatic heterocycles. The van der Waals surface area contributed by atoms with Gasteiger partial charge < -0.3 is 9.73 Å². The van der Waals surface area contributed by atoms with Crippen molar-refractivity contribution in [3.05, 3.63) is 24.2 Å². The van der Waals surface area contributed by atoms with Crippen molar-refractivity contribution in [2.24, 2.45) is 0 Å². The molecule has 0 fully saturated rings. The molecule has 0 spiro atoms. The van der Waals surface area contributed by atoms with Crippen LogP contribution in [0.4, 0.5) is 0 Å². The lowest BCUT2D eigenvalue weighted by atomic mass is 10.2. The van der Waals surface area contributed by atoms with Gasteiger partial charge in [0, 0.05) is 5.75 Å². The first kappa shape index (κ1) is 9.68. The molecule has 68 valence electrons. The number of rotatable bonds is 5. The van der Waals surface area contributed by atoms with Crippen molar-refractivity contribution in [1.29, 1.82) is 0 Å². The molecule has 0 bridgehead atoms. The Morgan fingerprint density at radius 1 is 1.67 bits per heavy atom. The minimum absolute atomic E-state index is 0.361. The van der Waals surface area contributed by atoms with E-state index in [4.69, 9.17) is 4.42 Å². The quantitative estimate of drug-likeness (QED) is 0.762. The van der Waals surface area contributed by atoms with Gasteiger partial charge in [0.05, 0.1) is 12.3 Å². The van der Waals surface area contributed by atoms with Gasteiger partial charge in [-0.2, -0.15) is 11.8 Å². The summed E-state index contributed by atoms with van der Waals surface area (Å²) in [5.41, 5.74) is 0. The second-order valence-electron chi connectivity index (χ2n) is 2.58. The maximum Gasteiger partial charge on any atom is 0.121 e. The molecule has 0 aliphatic rings. The highest BCUT2D eigenvalue weighted by Gasteiger charge is 2.10. The second-order valence-corrected chi connectivity index (χ2v) is 3.49. The van der Waals surface area contributed by atoms with E-state index >= 15 is 0 Å². The van der Waals surface area contributed by atoms with E-state index in [9.17, 15) is 0 Å². The van der Waals surface area contributed by atoms with Gasteiger partial charge in [-0.25, -0.2) is 0 Å². The zero-order valence-corrected chi connectivity index (χ0v) is 8.36. The summed E-state index contributed by atoms with van der Waals surface area (Å²) in [5.74, 6) is 2.09. The summed E-state index contributed by atoms with van der Waals surface area (Å²) in [5, 5.41) is 3.37. The molecule has 1 rings (SSSR count). The first-order valence-corrected chi connectivity index (χ1v) is 5.53. The smallest absolute Gasteiger partial charge is 0.121 e. The summed E-state index contributed by atoms with van der Waals surface area (Å²) in [7, 11) is 0. The van der Waals surface area contributed by atoms with Crippen LogP contribution < -0.4 is 5.32 Å². The van der Waals surface area contributed by atoms with Crippen molar-refractivity contribution in [2.45, 2.75) is 13.0 Å². The average Bonchev–Trinajstić information content (AvgIpc) is 2.56. The van der Waals surface area contributed by atoms with Crippen molar-refractivity contribution < 1.29 is 4.42 Å². The third-order valence-electron chi connectivity index (χ3n) is 1.67. The van der Waals surface area contributed by atoms with E-state index in [1.807, 2.05) is 23.9 Å². The molecular formula is C9H15NOS. The normalized spacial score (nSPS) is 13.2. The van der Waals surface area contributed by atoms with E-state index in [0.717, 1.165) is 18.1 Å². The molecular weight excluding hydrogens is 170 g/mol. The van der Waals surface area contributed by atoms with Gasteiger partial charge >= 0.3 is 0 Å². The van der Waals surface area contributed by atoms with Gasteiger partial charge in [0.25, 0.3) is 0 Å². The van der Waals surface area contributed by atoms with Gasteiger partial charge in [-0.1, -0.05) is 6.92 Å². The zero-order valence-electron chi connectivity index (χ0n) is 7.54. The molecule has 2 nitrogen and oxygen atoms in total. The van der Waals surface area contributed by atoms with E-state index in [1.54, 1.807) is 6.26 Å². The Morgan fingerprint density at radius 3 is 3.00 bits per heavy atom. The third-order valence-corrected chi connectivity index (χ3v) is 2.34. The van der Waals surface area contributed by atoms with Gasteiger partial charge in [0.15, 0.2) is 0 Å². The zero-order chi connectivity index (χ0) is 8.81. The van der Waals surface area contributed by atoms with Gasteiger partial charge in [-0.3, -0.25) is 0 Å². The van der Waals surface area contributed by atoms with Crippen LogP contribution in [0.1, 0.15) is 18.7 Å². The Labute approximate surface area is 77.7 Å². The van der Waals surface area contributed by atoms with Gasteiger partial charge in [0.1, 0.15) is 5.76 Å². The number of hydrogen-bond acceptors (Lipinski definition) is 3. The first-order chi connectivity index (χ1) is 5.88. The predicted molar refractivity (Wildman–Crippen MR) is 53.5 cm³/mol. The molecule has 12 heavy (non-hydrogen) atoms. The third kappa shape index (κ3) is 2.57. The summed E-state index contributed by atoms with van der Waals surface area (Å²) in [6.07, 6.45) is 3.83. The highest BCUT2D eigenvalue weighted by molar-refractivity contribution is 7.98. The first-order valence-electron chi connectivity index (χ1n) is 4.14. The standard InChI is InChI=1S/C9H15NOS/c1-3-10-8(7-12-2)9-5-4-6-11-9/h4-6,8,10H,3,7H2,1-2H3. The van der Waals surface area contributed by atoms with Crippen LogP contribution in [0.3, 0.4) is 0 Å². The van der Waals surface area contributed by atoms with Crippen LogP contribution >= 0.6 is 11.8 Å². The van der Waals surface area contributed by atoms with Gasteiger partial charge in [0.2, 0.25) is 0 Å². The molecule has 0 aliphatic heterocycles. The topological polar surface area (TPSA) is 25.2 Å². The Kier molecular flexibility index (Phi) is 4.25. The lowest BCUT2D eigenvalue weighted by Crippen LogP contribution is -2.22. The van der Waals surface area contributed by atoms with E-state index in [1.165, 1.54) is 0 Å². The van der Waals surface area contributed by atoms with Crippen LogP contribution in [0.15, 0.2) is 22.8 Å². The van der Waals surface area contributed by atoms with Crippen molar-refractivity contribution in [3.63, 3.8) is 0 Å². The van der Waals surface area contributed by atoms with Gasteiger partial charge in [-0.05, 0) is 24.9 Å². The predicted octanol–water partition coefficient (Wildman–Crippen LogP) is 2.29. The molecule has 0 amide bonds. The SMILES string of the molecule is CCNC(CSC)c1ccco1. The second kappa shape index (κ2) is 5.27. The van der Waals surface area contributed by atoms with E-state index in [-0.39, 0.29) is 0 Å². The largest absolute Gasteiger partial charge is 0.468 e. The molecule has 1 aromatic rings. The van der Waals surface area contributed by atoms with Crippen LogP contribution in [0.2, 0.25) is 0 Å². The summed E-state index contributed by atoms with van der Waals surface area (Å²) in [4.78, 5) is 0. The van der Waals surface area contributed by atoms with Crippen molar-refractivity contribution in [3.8, 4) is 0 Å². The van der Waals surface area contributed by atoms with Crippen LogP contribution in [0, 0.1) is 0 Å². The van der Waals surface area contributed by atoms with E-state index in [2.05, 4.69) is 18.5 Å². The minimum atomic E-state index is 0.361. The number of thioether (sulfide) groups is 1. The summed E-state index contributed by atoms with van der Waals surface area (Å²) < 4.78 is 5.32. The van der Waals surface area contributed by atoms with Gasteiger partial charge in [-0.15, -0.1) is 0 Å². The molecule has 1 N–H and O–H groups in total. The maximum atomic E-state index is 5.32. The van der Waals surface area contributed by atoms with E-state index < -0.39 is 0 Å². The summed E-state index contributed by atoms with van der Waals surface area (Å²) in [6, 6.07) is 4.31. The minimum Gasteiger partial charge on any atom is -0.468 e. The fourth-order valence-electron chi connectivity index (χ4n) is 1.14. The molecule has 0 aliphatic carbocycles. The monoisotopic (exact) mass is 185 g/mol. The molecule has 0 aromatic carbocycles.